The van der Waals surface area contributed by atoms with Gasteiger partial charge in [-0.15, -0.1) is 0 Å². The van der Waals surface area contributed by atoms with Crippen LogP contribution in [-0.2, 0) is 19.9 Å². The second-order valence-corrected chi connectivity index (χ2v) is 11.1. The maximum atomic E-state index is 13.4. The van der Waals surface area contributed by atoms with Gasteiger partial charge in [0.25, 0.3) is 5.91 Å². The molecule has 2 aromatic rings. The molecule has 0 spiro atoms. The fraction of sp³-hybridized carbons (Fsp3) is 0.316. The fourth-order valence-corrected chi connectivity index (χ4v) is 6.16. The van der Waals surface area contributed by atoms with Gasteiger partial charge in [0, 0.05) is 11.6 Å². The van der Waals surface area contributed by atoms with Crippen molar-refractivity contribution in [2.24, 2.45) is 0 Å². The molecule has 1 aliphatic heterocycles. The normalized spacial score (nSPS) is 19.4. The minimum Gasteiger partial charge on any atom is -0.346 e. The topological polar surface area (TPSA) is 109 Å². The second-order valence-electron chi connectivity index (χ2n) is 7.11. The van der Waals surface area contributed by atoms with Gasteiger partial charge in [-0.25, -0.2) is 30.3 Å². The van der Waals surface area contributed by atoms with E-state index < -0.39 is 49.5 Å². The van der Waals surface area contributed by atoms with Crippen molar-refractivity contribution in [1.82, 2.24) is 10.0 Å². The van der Waals surface area contributed by atoms with E-state index in [1.165, 1.54) is 30.3 Å². The Morgan fingerprint density at radius 3 is 2.33 bits per heavy atom. The lowest BCUT2D eigenvalue weighted by Gasteiger charge is -2.15. The number of benzene rings is 2. The van der Waals surface area contributed by atoms with Crippen LogP contribution in [0.1, 0.15) is 35.3 Å². The quantitative estimate of drug-likeness (QED) is 0.688. The molecule has 0 unspecified atom stereocenters. The number of halogens is 2. The van der Waals surface area contributed by atoms with Crippen LogP contribution in [-0.4, -0.2) is 40.3 Å². The molecule has 0 radical (unpaired) electrons. The lowest BCUT2D eigenvalue weighted by atomic mass is 10.1. The molecule has 11 heteroatoms. The Morgan fingerprint density at radius 2 is 1.77 bits per heavy atom. The van der Waals surface area contributed by atoms with Crippen molar-refractivity contribution in [3.05, 3.63) is 65.2 Å². The molecular weight excluding hydrogens is 438 g/mol. The van der Waals surface area contributed by atoms with Gasteiger partial charge >= 0.3 is 0 Å². The maximum Gasteiger partial charge on any atom is 0.251 e. The van der Waals surface area contributed by atoms with Crippen molar-refractivity contribution >= 4 is 25.8 Å². The van der Waals surface area contributed by atoms with Crippen molar-refractivity contribution in [3.63, 3.8) is 0 Å². The van der Waals surface area contributed by atoms with Gasteiger partial charge < -0.3 is 5.32 Å². The average molecular weight is 459 g/mol. The van der Waals surface area contributed by atoms with E-state index in [0.717, 1.165) is 12.1 Å². The highest BCUT2D eigenvalue weighted by Crippen LogP contribution is 2.18. The van der Waals surface area contributed by atoms with Gasteiger partial charge in [-0.3, -0.25) is 4.79 Å². The number of rotatable bonds is 6. The van der Waals surface area contributed by atoms with E-state index in [1.807, 2.05) is 0 Å². The van der Waals surface area contributed by atoms with Crippen molar-refractivity contribution in [3.8, 4) is 0 Å². The zero-order valence-corrected chi connectivity index (χ0v) is 17.6. The molecule has 1 aliphatic rings. The highest BCUT2D eigenvalue weighted by atomic mass is 32.2. The first kappa shape index (κ1) is 22.3. The van der Waals surface area contributed by atoms with Gasteiger partial charge in [-0.2, -0.15) is 0 Å². The van der Waals surface area contributed by atoms with Gasteiger partial charge in [0.15, 0.2) is 21.5 Å². The predicted molar refractivity (Wildman–Crippen MR) is 106 cm³/mol. The van der Waals surface area contributed by atoms with Crippen LogP contribution < -0.4 is 10.0 Å². The summed E-state index contributed by atoms with van der Waals surface area (Å²) in [4.78, 5) is 12.3. The molecule has 7 nitrogen and oxygen atoms in total. The molecule has 0 saturated carbocycles. The third kappa shape index (κ3) is 5.21. The van der Waals surface area contributed by atoms with Gasteiger partial charge in [0.1, 0.15) is 0 Å². The SMILES string of the molecule is C[C@@H](NC(=O)c1ccc(S(=O)(=O)N[C@H]2CCS(=O)(=O)C2)cc1)c1ccc(F)c(F)c1. The Kier molecular flexibility index (Phi) is 6.25. The molecule has 1 heterocycles. The number of amides is 1. The first-order chi connectivity index (χ1) is 14.0. The first-order valence-corrected chi connectivity index (χ1v) is 12.4. The second kappa shape index (κ2) is 8.40. The Labute approximate surface area is 173 Å². The van der Waals surface area contributed by atoms with Crippen LogP contribution in [0.3, 0.4) is 0 Å². The minimum atomic E-state index is -3.93. The van der Waals surface area contributed by atoms with Crippen LogP contribution in [0.25, 0.3) is 0 Å². The number of carbonyl (C=O) groups excluding carboxylic acids is 1. The maximum absolute atomic E-state index is 13.4. The zero-order valence-electron chi connectivity index (χ0n) is 15.9. The predicted octanol–water partition coefficient (Wildman–Crippen LogP) is 1.92. The monoisotopic (exact) mass is 458 g/mol. The molecule has 2 atom stereocenters. The van der Waals surface area contributed by atoms with E-state index in [1.54, 1.807) is 6.92 Å². The van der Waals surface area contributed by atoms with Crippen LogP contribution in [0.5, 0.6) is 0 Å². The van der Waals surface area contributed by atoms with E-state index in [9.17, 15) is 30.4 Å². The van der Waals surface area contributed by atoms with Crippen LogP contribution in [0.2, 0.25) is 0 Å². The summed E-state index contributed by atoms with van der Waals surface area (Å²) in [6.45, 7) is 1.60. The molecule has 0 aromatic heterocycles. The van der Waals surface area contributed by atoms with E-state index in [2.05, 4.69) is 10.0 Å². The summed E-state index contributed by atoms with van der Waals surface area (Å²) in [7, 11) is -7.17. The van der Waals surface area contributed by atoms with Crippen LogP contribution in [0, 0.1) is 11.6 Å². The Morgan fingerprint density at radius 1 is 1.10 bits per heavy atom. The zero-order chi connectivity index (χ0) is 22.1. The van der Waals surface area contributed by atoms with E-state index in [0.29, 0.717) is 5.56 Å². The lowest BCUT2D eigenvalue weighted by Crippen LogP contribution is -2.35. The lowest BCUT2D eigenvalue weighted by molar-refractivity contribution is 0.0939. The number of nitrogens with one attached hydrogen (secondary N) is 2. The number of hydrogen-bond donors (Lipinski definition) is 2. The van der Waals surface area contributed by atoms with Crippen LogP contribution in [0.4, 0.5) is 8.78 Å². The van der Waals surface area contributed by atoms with Gasteiger partial charge in [0.05, 0.1) is 22.4 Å². The van der Waals surface area contributed by atoms with Gasteiger partial charge in [-0.05, 0) is 55.3 Å². The van der Waals surface area contributed by atoms with Crippen molar-refractivity contribution in [2.75, 3.05) is 11.5 Å². The Hall–Kier alpha value is -2.37. The molecule has 1 amide bonds. The van der Waals surface area contributed by atoms with Gasteiger partial charge in [0.2, 0.25) is 10.0 Å². The molecule has 0 aliphatic carbocycles. The molecule has 30 heavy (non-hydrogen) atoms. The minimum absolute atomic E-state index is 0.0601. The van der Waals surface area contributed by atoms with E-state index in [-0.39, 0.29) is 28.4 Å². The van der Waals surface area contributed by atoms with Crippen molar-refractivity contribution < 1.29 is 30.4 Å². The Bertz CT molecular complexity index is 1170. The molecule has 162 valence electrons. The Balaban J connectivity index is 1.67. The molecule has 3 rings (SSSR count). The molecule has 0 bridgehead atoms. The van der Waals surface area contributed by atoms with Crippen molar-refractivity contribution in [2.45, 2.75) is 30.3 Å². The van der Waals surface area contributed by atoms with E-state index in [4.69, 9.17) is 0 Å². The summed E-state index contributed by atoms with van der Waals surface area (Å²) >= 11 is 0. The standard InChI is InChI=1S/C19H20F2N2O5S2/c1-12(14-4-7-17(20)18(21)10-14)22-19(24)13-2-5-16(6-3-13)30(27,28)23-15-8-9-29(25,26)11-15/h2-7,10,12,15,23H,8-9,11H2,1H3,(H,22,24)/t12-,15+/m1/s1. The van der Waals surface area contributed by atoms with E-state index >= 15 is 0 Å². The summed E-state index contributed by atoms with van der Waals surface area (Å²) in [6.07, 6.45) is 0.212. The number of hydrogen-bond acceptors (Lipinski definition) is 5. The van der Waals surface area contributed by atoms with Crippen LogP contribution >= 0.6 is 0 Å². The highest BCUT2D eigenvalue weighted by Gasteiger charge is 2.31. The first-order valence-electron chi connectivity index (χ1n) is 9.05. The third-order valence-corrected chi connectivity index (χ3v) is 8.08. The average Bonchev–Trinajstić information content (AvgIpc) is 3.01. The highest BCUT2D eigenvalue weighted by molar-refractivity contribution is 7.92. The molecule has 2 N–H and O–H groups in total. The molecular formula is C19H20F2N2O5S2. The fourth-order valence-electron chi connectivity index (χ4n) is 3.11. The summed E-state index contributed by atoms with van der Waals surface area (Å²) in [6, 6.07) is 7.13. The number of sulfone groups is 1. The number of carbonyl (C=O) groups is 1. The molecule has 1 fully saturated rings. The van der Waals surface area contributed by atoms with Gasteiger partial charge in [-0.1, -0.05) is 6.07 Å². The summed E-state index contributed by atoms with van der Waals surface area (Å²) in [5.74, 6) is -2.83. The summed E-state index contributed by atoms with van der Waals surface area (Å²) in [5, 5.41) is 2.63. The molecule has 1 saturated heterocycles. The summed E-state index contributed by atoms with van der Waals surface area (Å²) < 4.78 is 76.6. The summed E-state index contributed by atoms with van der Waals surface area (Å²) in [5.41, 5.74) is 0.545. The van der Waals surface area contributed by atoms with Crippen LogP contribution in [0.15, 0.2) is 47.4 Å². The molecule has 2 aromatic carbocycles. The third-order valence-electron chi connectivity index (χ3n) is 4.77. The van der Waals surface area contributed by atoms with Crippen molar-refractivity contribution in [1.29, 1.82) is 0 Å². The largest absolute Gasteiger partial charge is 0.346 e. The number of sulfonamides is 1. The smallest absolute Gasteiger partial charge is 0.251 e.